The molecule has 0 unspecified atom stereocenters. The molecule has 0 spiro atoms. The van der Waals surface area contributed by atoms with Crippen molar-refractivity contribution in [2.24, 2.45) is 5.92 Å². The fraction of sp³-hybridized carbons (Fsp3) is 0.391. The highest BCUT2D eigenvalue weighted by atomic mass is 32.2. The Balaban J connectivity index is 0.000000572. The number of benzene rings is 2. The second kappa shape index (κ2) is 12.1. The number of carbonyl (C=O) groups is 2. The van der Waals surface area contributed by atoms with Crippen molar-refractivity contribution >= 4 is 33.3 Å². The minimum atomic E-state index is -5.08. The standard InChI is InChI=1S/C21H26N2O5S.C2HF3O2/c1-15(2)13-16-3-6-18(7-4-16)29(26,27)22-19-14-17(21(24)25)5-8-20(19)23-9-11-28-12-10-23;3-2(4,5)1(6)7/h3-8,14-15,22H,9-13H2,1-2H3,(H,24,25);(H,6,7). The van der Waals surface area contributed by atoms with E-state index in [2.05, 4.69) is 18.6 Å². The van der Waals surface area contributed by atoms with Crippen molar-refractivity contribution in [2.75, 3.05) is 35.9 Å². The van der Waals surface area contributed by atoms with Gasteiger partial charge in [0.15, 0.2) is 0 Å². The van der Waals surface area contributed by atoms with Crippen molar-refractivity contribution in [3.63, 3.8) is 0 Å². The molecule has 0 atom stereocenters. The van der Waals surface area contributed by atoms with Crippen LogP contribution in [0.4, 0.5) is 24.5 Å². The third kappa shape index (κ3) is 8.41. The largest absolute Gasteiger partial charge is 0.490 e. The smallest absolute Gasteiger partial charge is 0.478 e. The Kier molecular flexibility index (Phi) is 9.70. The maximum atomic E-state index is 12.9. The Morgan fingerprint density at radius 1 is 1.06 bits per heavy atom. The van der Waals surface area contributed by atoms with E-state index in [-0.39, 0.29) is 16.1 Å². The van der Waals surface area contributed by atoms with Gasteiger partial charge in [0.2, 0.25) is 0 Å². The van der Waals surface area contributed by atoms with Crippen LogP contribution in [0.1, 0.15) is 29.8 Å². The Morgan fingerprint density at radius 3 is 2.08 bits per heavy atom. The van der Waals surface area contributed by atoms with Crippen molar-refractivity contribution in [1.29, 1.82) is 0 Å². The Labute approximate surface area is 206 Å². The first-order valence-corrected chi connectivity index (χ1v) is 12.3. The molecule has 2 aromatic rings. The van der Waals surface area contributed by atoms with Crippen molar-refractivity contribution in [2.45, 2.75) is 31.3 Å². The van der Waals surface area contributed by atoms with Gasteiger partial charge in [0.05, 0.1) is 35.0 Å². The van der Waals surface area contributed by atoms with Crippen LogP contribution in [0.25, 0.3) is 0 Å². The average molecular weight is 533 g/mol. The fourth-order valence-electron chi connectivity index (χ4n) is 3.31. The summed E-state index contributed by atoms with van der Waals surface area (Å²) in [5.74, 6) is -3.39. The van der Waals surface area contributed by atoms with Crippen molar-refractivity contribution < 1.29 is 46.1 Å². The number of anilines is 2. The van der Waals surface area contributed by atoms with E-state index in [1.54, 1.807) is 18.2 Å². The summed E-state index contributed by atoms with van der Waals surface area (Å²) in [5.41, 5.74) is 1.98. The summed E-state index contributed by atoms with van der Waals surface area (Å²) in [6, 6.07) is 11.3. The molecule has 3 rings (SSSR count). The first kappa shape index (κ1) is 28.9. The number of carboxylic acids is 2. The van der Waals surface area contributed by atoms with Gasteiger partial charge in [-0.05, 0) is 48.2 Å². The molecule has 13 heteroatoms. The minimum absolute atomic E-state index is 0.0204. The monoisotopic (exact) mass is 532 g/mol. The first-order chi connectivity index (χ1) is 16.7. The number of morpholine rings is 1. The normalized spacial score (nSPS) is 14.1. The first-order valence-electron chi connectivity index (χ1n) is 10.8. The van der Waals surface area contributed by atoms with Gasteiger partial charge in [-0.1, -0.05) is 26.0 Å². The molecule has 36 heavy (non-hydrogen) atoms. The topological polar surface area (TPSA) is 133 Å². The number of carboxylic acid groups (broad SMARTS) is 2. The van der Waals surface area contributed by atoms with E-state index in [1.165, 1.54) is 12.1 Å². The van der Waals surface area contributed by atoms with Crippen LogP contribution in [-0.4, -0.2) is 63.0 Å². The molecule has 1 aliphatic rings. The number of halogens is 3. The highest BCUT2D eigenvalue weighted by Gasteiger charge is 2.38. The van der Waals surface area contributed by atoms with Gasteiger partial charge in [-0.25, -0.2) is 18.0 Å². The molecule has 1 fully saturated rings. The number of nitrogens with zero attached hydrogens (tertiary/aromatic N) is 1. The summed E-state index contributed by atoms with van der Waals surface area (Å²) in [6.07, 6.45) is -4.21. The molecule has 0 saturated carbocycles. The van der Waals surface area contributed by atoms with Crippen LogP contribution in [0.15, 0.2) is 47.4 Å². The maximum absolute atomic E-state index is 12.9. The number of alkyl halides is 3. The molecular formula is C23H27F3N2O7S. The number of aliphatic carboxylic acids is 1. The van der Waals surface area contributed by atoms with Gasteiger partial charge in [-0.3, -0.25) is 4.72 Å². The lowest BCUT2D eigenvalue weighted by molar-refractivity contribution is -0.192. The quantitative estimate of drug-likeness (QED) is 0.490. The van der Waals surface area contributed by atoms with Gasteiger partial charge in [-0.2, -0.15) is 13.2 Å². The SMILES string of the molecule is CC(C)Cc1ccc(S(=O)(=O)Nc2cc(C(=O)O)ccc2N2CCOCC2)cc1.O=C(O)C(F)(F)F. The summed E-state index contributed by atoms with van der Waals surface area (Å²) in [6.45, 7) is 6.48. The van der Waals surface area contributed by atoms with Crippen LogP contribution in [0.2, 0.25) is 0 Å². The molecule has 1 aliphatic heterocycles. The van der Waals surface area contributed by atoms with Crippen LogP contribution in [0.5, 0.6) is 0 Å². The zero-order chi connectivity index (χ0) is 27.1. The number of hydrogen-bond acceptors (Lipinski definition) is 6. The molecule has 3 N–H and O–H groups in total. The van der Waals surface area contributed by atoms with E-state index >= 15 is 0 Å². The molecule has 198 valence electrons. The van der Waals surface area contributed by atoms with E-state index < -0.39 is 28.1 Å². The summed E-state index contributed by atoms with van der Waals surface area (Å²) in [7, 11) is -3.86. The van der Waals surface area contributed by atoms with Gasteiger partial charge in [0.25, 0.3) is 10.0 Å². The molecule has 0 radical (unpaired) electrons. The van der Waals surface area contributed by atoms with Gasteiger partial charge >= 0.3 is 18.1 Å². The van der Waals surface area contributed by atoms with Gasteiger partial charge in [0.1, 0.15) is 0 Å². The van der Waals surface area contributed by atoms with E-state index in [0.29, 0.717) is 37.9 Å². The fourth-order valence-corrected chi connectivity index (χ4v) is 4.38. The molecule has 1 heterocycles. The Bertz CT molecular complexity index is 1160. The lowest BCUT2D eigenvalue weighted by Crippen LogP contribution is -2.36. The van der Waals surface area contributed by atoms with Crippen LogP contribution in [0.3, 0.4) is 0 Å². The summed E-state index contributed by atoms with van der Waals surface area (Å²) in [5, 5.41) is 16.4. The zero-order valence-electron chi connectivity index (χ0n) is 19.6. The van der Waals surface area contributed by atoms with Crippen molar-refractivity contribution in [1.82, 2.24) is 0 Å². The molecule has 2 aromatic carbocycles. The number of hydrogen-bond donors (Lipinski definition) is 3. The second-order valence-corrected chi connectivity index (χ2v) is 9.97. The summed E-state index contributed by atoms with van der Waals surface area (Å²) < 4.78 is 65.6. The van der Waals surface area contributed by atoms with E-state index in [4.69, 9.17) is 14.6 Å². The predicted octanol–water partition coefficient (Wildman–Crippen LogP) is 3.85. The molecule has 0 bridgehead atoms. The number of sulfonamides is 1. The molecule has 0 amide bonds. The van der Waals surface area contributed by atoms with Crippen LogP contribution in [-0.2, 0) is 26.0 Å². The lowest BCUT2D eigenvalue weighted by Gasteiger charge is -2.30. The molecule has 0 aromatic heterocycles. The van der Waals surface area contributed by atoms with Crippen molar-refractivity contribution in [3.8, 4) is 0 Å². The number of rotatable bonds is 7. The number of aromatic carboxylic acids is 1. The third-order valence-corrected chi connectivity index (χ3v) is 6.34. The predicted molar refractivity (Wildman–Crippen MR) is 126 cm³/mol. The van der Waals surface area contributed by atoms with E-state index in [1.807, 2.05) is 17.0 Å². The van der Waals surface area contributed by atoms with Crippen molar-refractivity contribution in [3.05, 3.63) is 53.6 Å². The molecular weight excluding hydrogens is 505 g/mol. The van der Waals surface area contributed by atoms with Gasteiger partial charge in [-0.15, -0.1) is 0 Å². The van der Waals surface area contributed by atoms with Crippen LogP contribution < -0.4 is 9.62 Å². The summed E-state index contributed by atoms with van der Waals surface area (Å²) in [4.78, 5) is 22.4. The minimum Gasteiger partial charge on any atom is -0.478 e. The summed E-state index contributed by atoms with van der Waals surface area (Å²) >= 11 is 0. The van der Waals surface area contributed by atoms with Gasteiger partial charge in [0, 0.05) is 13.1 Å². The molecule has 9 nitrogen and oxygen atoms in total. The van der Waals surface area contributed by atoms with E-state index in [0.717, 1.165) is 12.0 Å². The lowest BCUT2D eigenvalue weighted by atomic mass is 10.0. The third-order valence-electron chi connectivity index (χ3n) is 4.96. The molecule has 1 saturated heterocycles. The van der Waals surface area contributed by atoms with Gasteiger partial charge < -0.3 is 19.8 Å². The Hall–Kier alpha value is -3.32. The number of nitrogens with one attached hydrogen (secondary N) is 1. The average Bonchev–Trinajstić information content (AvgIpc) is 2.79. The van der Waals surface area contributed by atoms with Crippen LogP contribution >= 0.6 is 0 Å². The highest BCUT2D eigenvalue weighted by Crippen LogP contribution is 2.30. The second-order valence-electron chi connectivity index (χ2n) is 8.29. The van der Waals surface area contributed by atoms with E-state index in [9.17, 15) is 31.5 Å². The van der Waals surface area contributed by atoms with Crippen LogP contribution in [0, 0.1) is 5.92 Å². The number of ether oxygens (including phenoxy) is 1. The zero-order valence-corrected chi connectivity index (χ0v) is 20.4. The highest BCUT2D eigenvalue weighted by molar-refractivity contribution is 7.92. The Morgan fingerprint density at radius 2 is 1.61 bits per heavy atom. The molecule has 0 aliphatic carbocycles. The maximum Gasteiger partial charge on any atom is 0.490 e.